The van der Waals surface area contributed by atoms with Crippen LogP contribution in [0.1, 0.15) is 12.0 Å². The van der Waals surface area contributed by atoms with Crippen molar-refractivity contribution in [3.8, 4) is 0 Å². The molecular weight excluding hydrogens is 256 g/mol. The summed E-state index contributed by atoms with van der Waals surface area (Å²) >= 11 is 6.00. The summed E-state index contributed by atoms with van der Waals surface area (Å²) in [5, 5.41) is 14.1. The first kappa shape index (κ1) is 13.0. The van der Waals surface area contributed by atoms with E-state index < -0.39 is 4.92 Å². The van der Waals surface area contributed by atoms with Gasteiger partial charge in [0.05, 0.1) is 9.95 Å². The van der Waals surface area contributed by atoms with Crippen LogP contribution in [0.3, 0.4) is 0 Å². The van der Waals surface area contributed by atoms with E-state index >= 15 is 0 Å². The second-order valence-corrected chi connectivity index (χ2v) is 4.76. The lowest BCUT2D eigenvalue weighted by Crippen LogP contribution is -2.37. The number of piperidine rings is 1. The van der Waals surface area contributed by atoms with E-state index in [4.69, 9.17) is 11.6 Å². The standard InChI is InChI=1S/C12H13ClN2O3/c13-11-6-10(15(17)18)2-1-8(11)5-9-7-14-4-3-12(9)16/h1-2,6,9,14H,3-5,7H2. The van der Waals surface area contributed by atoms with Crippen LogP contribution in [-0.4, -0.2) is 23.8 Å². The zero-order chi connectivity index (χ0) is 13.1. The van der Waals surface area contributed by atoms with E-state index in [1.807, 2.05) is 0 Å². The first-order chi connectivity index (χ1) is 8.58. The summed E-state index contributed by atoms with van der Waals surface area (Å²) in [6.45, 7) is 1.37. The molecule has 0 saturated carbocycles. The van der Waals surface area contributed by atoms with Gasteiger partial charge in [0.15, 0.2) is 0 Å². The second kappa shape index (κ2) is 5.46. The van der Waals surface area contributed by atoms with Crippen LogP contribution in [-0.2, 0) is 11.2 Å². The molecule has 1 N–H and O–H groups in total. The topological polar surface area (TPSA) is 72.2 Å². The summed E-state index contributed by atoms with van der Waals surface area (Å²) in [5.41, 5.74) is 0.751. The first-order valence-electron chi connectivity index (χ1n) is 5.74. The summed E-state index contributed by atoms with van der Waals surface area (Å²) in [6.07, 6.45) is 1.07. The average Bonchev–Trinajstić information content (AvgIpc) is 2.34. The van der Waals surface area contributed by atoms with Crippen molar-refractivity contribution in [3.63, 3.8) is 0 Å². The fraction of sp³-hybridized carbons (Fsp3) is 0.417. The fourth-order valence-corrected chi connectivity index (χ4v) is 2.32. The van der Waals surface area contributed by atoms with Crippen LogP contribution < -0.4 is 5.32 Å². The smallest absolute Gasteiger partial charge is 0.270 e. The van der Waals surface area contributed by atoms with Gasteiger partial charge in [-0.2, -0.15) is 0 Å². The lowest BCUT2D eigenvalue weighted by molar-refractivity contribution is -0.384. The number of benzene rings is 1. The number of hydrogen-bond acceptors (Lipinski definition) is 4. The van der Waals surface area contributed by atoms with Crippen molar-refractivity contribution in [2.45, 2.75) is 12.8 Å². The number of nitrogens with one attached hydrogen (secondary N) is 1. The number of carbonyl (C=O) groups excluding carboxylic acids is 1. The number of nitrogens with zero attached hydrogens (tertiary/aromatic N) is 1. The van der Waals surface area contributed by atoms with Crippen LogP contribution >= 0.6 is 11.6 Å². The van der Waals surface area contributed by atoms with E-state index in [9.17, 15) is 14.9 Å². The predicted octanol–water partition coefficient (Wildman–Crippen LogP) is 1.97. The van der Waals surface area contributed by atoms with Gasteiger partial charge in [-0.1, -0.05) is 17.7 Å². The molecule has 1 saturated heterocycles. The van der Waals surface area contributed by atoms with Crippen molar-refractivity contribution in [2.75, 3.05) is 13.1 Å². The van der Waals surface area contributed by atoms with Gasteiger partial charge in [0.2, 0.25) is 0 Å². The predicted molar refractivity (Wildman–Crippen MR) is 67.8 cm³/mol. The molecule has 5 nitrogen and oxygen atoms in total. The number of nitro benzene ring substituents is 1. The molecule has 18 heavy (non-hydrogen) atoms. The summed E-state index contributed by atoms with van der Waals surface area (Å²) in [5.74, 6) is 0.140. The fourth-order valence-electron chi connectivity index (χ4n) is 2.07. The Morgan fingerprint density at radius 1 is 1.50 bits per heavy atom. The number of carbonyl (C=O) groups is 1. The molecule has 1 aromatic carbocycles. The van der Waals surface area contributed by atoms with E-state index in [1.54, 1.807) is 6.07 Å². The summed E-state index contributed by atoms with van der Waals surface area (Å²) in [7, 11) is 0. The van der Waals surface area contributed by atoms with Crippen LogP contribution in [0.25, 0.3) is 0 Å². The highest BCUT2D eigenvalue weighted by atomic mass is 35.5. The SMILES string of the molecule is O=C1CCNCC1Cc1ccc([N+](=O)[O-])cc1Cl. The molecule has 0 aromatic heterocycles. The maximum Gasteiger partial charge on any atom is 0.270 e. The molecule has 1 fully saturated rings. The summed E-state index contributed by atoms with van der Waals surface area (Å²) in [4.78, 5) is 21.8. The molecule has 1 atom stereocenters. The molecule has 0 amide bonds. The summed E-state index contributed by atoms with van der Waals surface area (Å²) < 4.78 is 0. The average molecular weight is 269 g/mol. The third-order valence-corrected chi connectivity index (χ3v) is 3.46. The maximum atomic E-state index is 11.7. The van der Waals surface area contributed by atoms with Gasteiger partial charge in [-0.05, 0) is 12.0 Å². The van der Waals surface area contributed by atoms with Crippen molar-refractivity contribution < 1.29 is 9.72 Å². The quantitative estimate of drug-likeness (QED) is 0.672. The van der Waals surface area contributed by atoms with Gasteiger partial charge in [0.1, 0.15) is 5.78 Å². The lowest BCUT2D eigenvalue weighted by atomic mass is 9.91. The zero-order valence-corrected chi connectivity index (χ0v) is 10.4. The number of nitro groups is 1. The van der Waals surface area contributed by atoms with Gasteiger partial charge in [-0.15, -0.1) is 0 Å². The van der Waals surface area contributed by atoms with E-state index in [1.165, 1.54) is 12.1 Å². The zero-order valence-electron chi connectivity index (χ0n) is 9.69. The van der Waals surface area contributed by atoms with E-state index in [-0.39, 0.29) is 17.4 Å². The molecule has 0 spiro atoms. The molecule has 96 valence electrons. The molecule has 1 aromatic rings. The largest absolute Gasteiger partial charge is 0.316 e. The molecule has 0 bridgehead atoms. The highest BCUT2D eigenvalue weighted by Crippen LogP contribution is 2.25. The van der Waals surface area contributed by atoms with Gasteiger partial charge < -0.3 is 5.32 Å². The highest BCUT2D eigenvalue weighted by Gasteiger charge is 2.23. The van der Waals surface area contributed by atoms with E-state index in [0.29, 0.717) is 24.4 Å². The Balaban J connectivity index is 2.14. The van der Waals surface area contributed by atoms with Gasteiger partial charge in [0.25, 0.3) is 5.69 Å². The maximum absolute atomic E-state index is 11.7. The van der Waals surface area contributed by atoms with Crippen LogP contribution in [0.2, 0.25) is 5.02 Å². The second-order valence-electron chi connectivity index (χ2n) is 4.35. The van der Waals surface area contributed by atoms with Gasteiger partial charge in [0, 0.05) is 37.6 Å². The van der Waals surface area contributed by atoms with E-state index in [0.717, 1.165) is 12.1 Å². The monoisotopic (exact) mass is 268 g/mol. The Hall–Kier alpha value is -1.46. The highest BCUT2D eigenvalue weighted by molar-refractivity contribution is 6.31. The minimum atomic E-state index is -0.483. The molecule has 1 aliphatic rings. The molecule has 1 unspecified atom stereocenters. The van der Waals surface area contributed by atoms with Crippen molar-refractivity contribution in [1.82, 2.24) is 5.32 Å². The summed E-state index contributed by atoms with van der Waals surface area (Å²) in [6, 6.07) is 4.38. The molecule has 6 heteroatoms. The van der Waals surface area contributed by atoms with Crippen molar-refractivity contribution in [2.24, 2.45) is 5.92 Å². The molecule has 0 radical (unpaired) electrons. The molecule has 1 aliphatic heterocycles. The van der Waals surface area contributed by atoms with Gasteiger partial charge in [-0.25, -0.2) is 0 Å². The van der Waals surface area contributed by atoms with Crippen molar-refractivity contribution in [1.29, 1.82) is 0 Å². The minimum Gasteiger partial charge on any atom is -0.316 e. The normalized spacial score (nSPS) is 19.8. The third kappa shape index (κ3) is 2.86. The number of non-ortho nitro benzene ring substituents is 1. The lowest BCUT2D eigenvalue weighted by Gasteiger charge is -2.21. The van der Waals surface area contributed by atoms with Crippen molar-refractivity contribution in [3.05, 3.63) is 38.9 Å². The van der Waals surface area contributed by atoms with Crippen LogP contribution in [0.4, 0.5) is 5.69 Å². The van der Waals surface area contributed by atoms with Crippen LogP contribution in [0, 0.1) is 16.0 Å². The number of halogens is 1. The van der Waals surface area contributed by atoms with Gasteiger partial charge >= 0.3 is 0 Å². The Kier molecular flexibility index (Phi) is 3.93. The number of ketones is 1. The first-order valence-corrected chi connectivity index (χ1v) is 6.12. The minimum absolute atomic E-state index is 0.0307. The van der Waals surface area contributed by atoms with Crippen LogP contribution in [0.5, 0.6) is 0 Å². The number of Topliss-reactive ketones (excluding diaryl/α,β-unsaturated/α-hetero) is 1. The van der Waals surface area contributed by atoms with Crippen molar-refractivity contribution >= 4 is 23.1 Å². The Morgan fingerprint density at radius 2 is 2.28 bits per heavy atom. The molecular formula is C12H13ClN2O3. The van der Waals surface area contributed by atoms with E-state index in [2.05, 4.69) is 5.32 Å². The Morgan fingerprint density at radius 3 is 2.89 bits per heavy atom. The molecule has 1 heterocycles. The van der Waals surface area contributed by atoms with Gasteiger partial charge in [-0.3, -0.25) is 14.9 Å². The number of rotatable bonds is 3. The number of hydrogen-bond donors (Lipinski definition) is 1. The molecule has 0 aliphatic carbocycles. The van der Waals surface area contributed by atoms with Crippen LogP contribution in [0.15, 0.2) is 18.2 Å². The third-order valence-electron chi connectivity index (χ3n) is 3.11. The Bertz CT molecular complexity index is 490. The molecule has 2 rings (SSSR count). The Labute approximate surface area is 109 Å².